The number of hydrogen-bond donors (Lipinski definition) is 1. The Kier molecular flexibility index (Phi) is 5.63. The lowest BCUT2D eigenvalue weighted by molar-refractivity contribution is -0.0494. The fourth-order valence-electron chi connectivity index (χ4n) is 3.43. The van der Waals surface area contributed by atoms with E-state index in [2.05, 4.69) is 10.3 Å². The summed E-state index contributed by atoms with van der Waals surface area (Å²) in [5, 5.41) is 11.5. The lowest BCUT2D eigenvalue weighted by atomic mass is 9.80. The second-order valence-electron chi connectivity index (χ2n) is 6.87. The minimum atomic E-state index is -2.74. The molecule has 1 aliphatic carbocycles. The van der Waals surface area contributed by atoms with Crippen LogP contribution in [0.5, 0.6) is 0 Å². The molecule has 1 aliphatic rings. The van der Waals surface area contributed by atoms with E-state index in [0.717, 1.165) is 12.1 Å². The summed E-state index contributed by atoms with van der Waals surface area (Å²) in [7, 11) is 0. The quantitative estimate of drug-likeness (QED) is 0.615. The molecule has 0 radical (unpaired) electrons. The van der Waals surface area contributed by atoms with Crippen molar-refractivity contribution in [1.29, 1.82) is 5.26 Å². The molecule has 0 bridgehead atoms. The number of carbonyl (C=O) groups is 1. The van der Waals surface area contributed by atoms with Crippen LogP contribution in [0.2, 0.25) is 0 Å². The van der Waals surface area contributed by atoms with Crippen molar-refractivity contribution in [2.75, 3.05) is 0 Å². The molecular formula is C20H17F4N3O. The summed E-state index contributed by atoms with van der Waals surface area (Å²) in [5.41, 5.74) is 0.266. The van der Waals surface area contributed by atoms with Crippen LogP contribution in [0.15, 0.2) is 36.5 Å². The smallest absolute Gasteiger partial charge is 0.254 e. The van der Waals surface area contributed by atoms with E-state index in [4.69, 9.17) is 5.26 Å². The van der Waals surface area contributed by atoms with Crippen LogP contribution in [0.3, 0.4) is 0 Å². The third-order valence-electron chi connectivity index (χ3n) is 4.97. The first-order valence-corrected chi connectivity index (χ1v) is 8.79. The Morgan fingerprint density at radius 2 is 1.93 bits per heavy atom. The Bertz CT molecular complexity index is 899. The highest BCUT2D eigenvalue weighted by Gasteiger charge is 2.38. The lowest BCUT2D eigenvalue weighted by Gasteiger charge is -2.34. The Morgan fingerprint density at radius 1 is 1.21 bits per heavy atom. The van der Waals surface area contributed by atoms with Gasteiger partial charge in [-0.2, -0.15) is 9.65 Å². The molecule has 1 saturated carbocycles. The van der Waals surface area contributed by atoms with Crippen molar-refractivity contribution in [3.8, 4) is 6.07 Å². The first-order valence-electron chi connectivity index (χ1n) is 8.79. The Labute approximate surface area is 159 Å². The summed E-state index contributed by atoms with van der Waals surface area (Å²) in [5.74, 6) is -5.37. The van der Waals surface area contributed by atoms with E-state index < -0.39 is 29.6 Å². The van der Waals surface area contributed by atoms with Gasteiger partial charge in [0.25, 0.3) is 5.91 Å². The summed E-state index contributed by atoms with van der Waals surface area (Å²) in [6, 6.07) is 7.06. The second kappa shape index (κ2) is 7.97. The van der Waals surface area contributed by atoms with Crippen LogP contribution < -0.4 is 5.32 Å². The molecule has 2 aromatic rings. The van der Waals surface area contributed by atoms with Crippen LogP contribution in [0, 0.1) is 29.0 Å². The normalized spacial score (nSPS) is 17.5. The van der Waals surface area contributed by atoms with Crippen molar-refractivity contribution in [2.24, 2.45) is 5.92 Å². The molecule has 1 N–H and O–H groups in total. The number of nitrogens with one attached hydrogen (secondary N) is 1. The predicted molar refractivity (Wildman–Crippen MR) is 92.4 cm³/mol. The summed E-state index contributed by atoms with van der Waals surface area (Å²) >= 11 is 0. The number of alkyl halides is 2. The molecule has 146 valence electrons. The molecule has 3 rings (SSSR count). The maximum Gasteiger partial charge on any atom is 0.254 e. The van der Waals surface area contributed by atoms with Crippen LogP contribution in [0.4, 0.5) is 17.6 Å². The van der Waals surface area contributed by atoms with Gasteiger partial charge in [0, 0.05) is 19.0 Å². The number of nitriles is 1. The zero-order valence-corrected chi connectivity index (χ0v) is 14.8. The van der Waals surface area contributed by atoms with Crippen LogP contribution in [-0.2, 0) is 0 Å². The first kappa shape index (κ1) is 19.8. The minimum absolute atomic E-state index is 0.0721. The lowest BCUT2D eigenvalue weighted by Crippen LogP contribution is -2.37. The molecule has 8 heteroatoms. The second-order valence-corrected chi connectivity index (χ2v) is 6.87. The molecule has 1 amide bonds. The van der Waals surface area contributed by atoms with Gasteiger partial charge in [0.1, 0.15) is 5.82 Å². The first-order chi connectivity index (χ1) is 13.3. The van der Waals surface area contributed by atoms with E-state index in [1.54, 1.807) is 6.07 Å². The van der Waals surface area contributed by atoms with Crippen molar-refractivity contribution in [2.45, 2.75) is 37.6 Å². The van der Waals surface area contributed by atoms with Crippen molar-refractivity contribution in [3.05, 3.63) is 65.0 Å². The standard InChI is InChI=1S/C20H17F4N3O/c21-16-9-12(10-25)1-3-15(16)19(28)27-18(14-2-4-17(22)26-11-14)13-5-7-20(23,24)8-6-13/h1-4,9,11,13,18H,5-8H2,(H,27,28). The van der Waals surface area contributed by atoms with E-state index in [-0.39, 0.29) is 42.7 Å². The van der Waals surface area contributed by atoms with E-state index in [1.807, 2.05) is 0 Å². The topological polar surface area (TPSA) is 65.8 Å². The van der Waals surface area contributed by atoms with Gasteiger partial charge in [0.2, 0.25) is 11.9 Å². The van der Waals surface area contributed by atoms with Gasteiger partial charge in [0.05, 0.1) is 23.2 Å². The fourth-order valence-corrected chi connectivity index (χ4v) is 3.43. The summed E-state index contributed by atoms with van der Waals surface area (Å²) in [6.07, 6.45) is 0.923. The molecule has 1 aromatic heterocycles. The predicted octanol–water partition coefficient (Wildman–Crippen LogP) is 4.53. The maximum absolute atomic E-state index is 14.2. The van der Waals surface area contributed by atoms with Crippen molar-refractivity contribution < 1.29 is 22.4 Å². The Hall–Kier alpha value is -2.95. The number of hydrogen-bond acceptors (Lipinski definition) is 3. The monoisotopic (exact) mass is 391 g/mol. The molecule has 1 atom stereocenters. The molecule has 4 nitrogen and oxygen atoms in total. The number of nitrogens with zero attached hydrogens (tertiary/aromatic N) is 2. The van der Waals surface area contributed by atoms with Crippen LogP contribution in [0.25, 0.3) is 0 Å². The number of rotatable bonds is 4. The van der Waals surface area contributed by atoms with E-state index in [0.29, 0.717) is 5.56 Å². The maximum atomic E-state index is 14.2. The molecular weight excluding hydrogens is 374 g/mol. The number of benzene rings is 1. The SMILES string of the molecule is N#Cc1ccc(C(=O)NC(c2ccc(F)nc2)C2CCC(F)(F)CC2)c(F)c1. The van der Waals surface area contributed by atoms with Crippen LogP contribution >= 0.6 is 0 Å². The largest absolute Gasteiger partial charge is 0.345 e. The molecule has 0 spiro atoms. The Balaban J connectivity index is 1.86. The highest BCUT2D eigenvalue weighted by molar-refractivity contribution is 5.94. The van der Waals surface area contributed by atoms with E-state index in [1.165, 1.54) is 24.4 Å². The van der Waals surface area contributed by atoms with Crippen LogP contribution in [-0.4, -0.2) is 16.8 Å². The fraction of sp³-hybridized carbons (Fsp3) is 0.350. The van der Waals surface area contributed by atoms with Gasteiger partial charge in [-0.05, 0) is 48.6 Å². The molecule has 1 aromatic carbocycles. The summed E-state index contributed by atoms with van der Waals surface area (Å²) in [4.78, 5) is 16.2. The number of aromatic nitrogens is 1. The van der Waals surface area contributed by atoms with Gasteiger partial charge in [-0.25, -0.2) is 18.2 Å². The molecule has 0 saturated heterocycles. The molecule has 28 heavy (non-hydrogen) atoms. The number of pyridine rings is 1. The van der Waals surface area contributed by atoms with Crippen molar-refractivity contribution >= 4 is 5.91 Å². The highest BCUT2D eigenvalue weighted by atomic mass is 19.3. The Morgan fingerprint density at radius 3 is 2.50 bits per heavy atom. The van der Waals surface area contributed by atoms with Gasteiger partial charge < -0.3 is 5.32 Å². The zero-order valence-electron chi connectivity index (χ0n) is 14.8. The number of carbonyl (C=O) groups excluding carboxylic acids is 1. The van der Waals surface area contributed by atoms with Gasteiger partial charge >= 0.3 is 0 Å². The number of halogens is 4. The summed E-state index contributed by atoms with van der Waals surface area (Å²) in [6.45, 7) is 0. The minimum Gasteiger partial charge on any atom is -0.345 e. The van der Waals surface area contributed by atoms with Crippen LogP contribution in [0.1, 0.15) is 53.2 Å². The van der Waals surface area contributed by atoms with Gasteiger partial charge in [0.15, 0.2) is 0 Å². The molecule has 0 aliphatic heterocycles. The highest BCUT2D eigenvalue weighted by Crippen LogP contribution is 2.41. The molecule has 1 unspecified atom stereocenters. The third-order valence-corrected chi connectivity index (χ3v) is 4.97. The summed E-state index contributed by atoms with van der Waals surface area (Å²) < 4.78 is 54.4. The number of amides is 1. The van der Waals surface area contributed by atoms with Gasteiger partial charge in [-0.3, -0.25) is 4.79 Å². The zero-order chi connectivity index (χ0) is 20.3. The van der Waals surface area contributed by atoms with E-state index in [9.17, 15) is 22.4 Å². The average molecular weight is 391 g/mol. The van der Waals surface area contributed by atoms with Crippen molar-refractivity contribution in [1.82, 2.24) is 10.3 Å². The van der Waals surface area contributed by atoms with Gasteiger partial charge in [-0.15, -0.1) is 0 Å². The van der Waals surface area contributed by atoms with Gasteiger partial charge in [-0.1, -0.05) is 6.07 Å². The molecule has 1 heterocycles. The molecule has 1 fully saturated rings. The van der Waals surface area contributed by atoms with E-state index >= 15 is 0 Å². The third kappa shape index (κ3) is 4.47. The average Bonchev–Trinajstić information content (AvgIpc) is 2.67. The van der Waals surface area contributed by atoms with Crippen molar-refractivity contribution in [3.63, 3.8) is 0 Å².